The quantitative estimate of drug-likeness (QED) is 0.887. The fraction of sp³-hybridized carbons (Fsp3) is 0.389. The van der Waals surface area contributed by atoms with Crippen LogP contribution in [0.3, 0.4) is 0 Å². The maximum Gasteiger partial charge on any atom is 0.287 e. The smallest absolute Gasteiger partial charge is 0.287 e. The van der Waals surface area contributed by atoms with E-state index in [-0.39, 0.29) is 16.4 Å². The Morgan fingerprint density at radius 3 is 2.56 bits per heavy atom. The van der Waals surface area contributed by atoms with Crippen LogP contribution in [0.2, 0.25) is 0 Å². The molecule has 25 heavy (non-hydrogen) atoms. The molecule has 1 saturated heterocycles. The van der Waals surface area contributed by atoms with Crippen LogP contribution in [0, 0.1) is 13.8 Å². The summed E-state index contributed by atoms with van der Waals surface area (Å²) in [5, 5.41) is 2.78. The van der Waals surface area contributed by atoms with Gasteiger partial charge in [-0.2, -0.15) is 4.31 Å². The average molecular weight is 362 g/mol. The summed E-state index contributed by atoms with van der Waals surface area (Å²) >= 11 is 0. The molecule has 6 nitrogen and oxygen atoms in total. The van der Waals surface area contributed by atoms with Crippen molar-refractivity contribution < 1.29 is 17.6 Å². The first-order valence-electron chi connectivity index (χ1n) is 8.33. The molecule has 3 rings (SSSR count). The van der Waals surface area contributed by atoms with Crippen molar-refractivity contribution in [3.63, 3.8) is 0 Å². The standard InChI is InChI=1S/C18H22N2O4S/c1-13-7-3-4-8-15(13)12-19-18(21)16-11-17(14(2)24-16)25(22,23)20-9-5-6-10-20/h3-4,7-8,11H,5-6,9-10,12H2,1-2H3,(H,19,21). The fourth-order valence-corrected chi connectivity index (χ4v) is 4.65. The van der Waals surface area contributed by atoms with Crippen molar-refractivity contribution in [2.75, 3.05) is 13.1 Å². The third-order valence-corrected chi connectivity index (χ3v) is 6.49. The normalized spacial score (nSPS) is 15.4. The molecule has 0 bridgehead atoms. The van der Waals surface area contributed by atoms with E-state index in [9.17, 15) is 13.2 Å². The van der Waals surface area contributed by atoms with Crippen LogP contribution >= 0.6 is 0 Å². The van der Waals surface area contributed by atoms with Crippen molar-refractivity contribution in [1.29, 1.82) is 0 Å². The zero-order valence-corrected chi connectivity index (χ0v) is 15.2. The van der Waals surface area contributed by atoms with E-state index < -0.39 is 15.9 Å². The second-order valence-electron chi connectivity index (χ2n) is 6.25. The summed E-state index contributed by atoms with van der Waals surface area (Å²) in [4.78, 5) is 12.4. The van der Waals surface area contributed by atoms with Gasteiger partial charge in [0, 0.05) is 25.7 Å². The van der Waals surface area contributed by atoms with Gasteiger partial charge in [0.2, 0.25) is 10.0 Å². The zero-order valence-electron chi connectivity index (χ0n) is 14.4. The van der Waals surface area contributed by atoms with Crippen molar-refractivity contribution in [1.82, 2.24) is 9.62 Å². The van der Waals surface area contributed by atoms with E-state index in [1.165, 1.54) is 10.4 Å². The molecule has 0 spiro atoms. The van der Waals surface area contributed by atoms with Crippen molar-refractivity contribution in [2.45, 2.75) is 38.1 Å². The van der Waals surface area contributed by atoms with Crippen LogP contribution in [-0.2, 0) is 16.6 Å². The van der Waals surface area contributed by atoms with Crippen molar-refractivity contribution in [2.24, 2.45) is 0 Å². The van der Waals surface area contributed by atoms with Gasteiger partial charge in [0.25, 0.3) is 5.91 Å². The van der Waals surface area contributed by atoms with E-state index in [2.05, 4.69) is 5.32 Å². The minimum absolute atomic E-state index is 0.0175. The third-order valence-electron chi connectivity index (χ3n) is 4.48. The first kappa shape index (κ1) is 17.7. The molecule has 0 aliphatic carbocycles. The average Bonchev–Trinajstić information content (AvgIpc) is 3.24. The van der Waals surface area contributed by atoms with Gasteiger partial charge in [-0.05, 0) is 37.8 Å². The van der Waals surface area contributed by atoms with Gasteiger partial charge < -0.3 is 9.73 Å². The molecule has 2 heterocycles. The molecule has 1 fully saturated rings. The van der Waals surface area contributed by atoms with Gasteiger partial charge in [-0.1, -0.05) is 24.3 Å². The molecule has 0 radical (unpaired) electrons. The number of amides is 1. The lowest BCUT2D eigenvalue weighted by atomic mass is 10.1. The molecule has 0 atom stereocenters. The number of aryl methyl sites for hydroxylation is 2. The Balaban J connectivity index is 1.75. The van der Waals surface area contributed by atoms with Gasteiger partial charge >= 0.3 is 0 Å². The Bertz CT molecular complexity index is 880. The van der Waals surface area contributed by atoms with Gasteiger partial charge in [-0.15, -0.1) is 0 Å². The molecular weight excluding hydrogens is 340 g/mol. The minimum Gasteiger partial charge on any atom is -0.455 e. The van der Waals surface area contributed by atoms with Crippen LogP contribution in [0.5, 0.6) is 0 Å². The van der Waals surface area contributed by atoms with Crippen LogP contribution in [0.4, 0.5) is 0 Å². The summed E-state index contributed by atoms with van der Waals surface area (Å²) in [6.07, 6.45) is 1.72. The molecule has 1 aliphatic rings. The maximum absolute atomic E-state index is 12.6. The molecule has 0 unspecified atom stereocenters. The number of carbonyl (C=O) groups excluding carboxylic acids is 1. The number of hydrogen-bond acceptors (Lipinski definition) is 4. The van der Waals surface area contributed by atoms with Gasteiger partial charge in [0.05, 0.1) is 0 Å². The first-order chi connectivity index (χ1) is 11.9. The topological polar surface area (TPSA) is 79.6 Å². The van der Waals surface area contributed by atoms with E-state index in [0.717, 1.165) is 24.0 Å². The SMILES string of the molecule is Cc1ccccc1CNC(=O)c1cc(S(=O)(=O)N2CCCC2)c(C)o1. The van der Waals surface area contributed by atoms with Crippen LogP contribution in [0.15, 0.2) is 39.6 Å². The van der Waals surface area contributed by atoms with Crippen molar-refractivity contribution >= 4 is 15.9 Å². The molecule has 1 aliphatic heterocycles. The number of hydrogen-bond donors (Lipinski definition) is 1. The van der Waals surface area contributed by atoms with Gasteiger partial charge in [-0.25, -0.2) is 8.42 Å². The Morgan fingerprint density at radius 1 is 1.20 bits per heavy atom. The van der Waals surface area contributed by atoms with E-state index >= 15 is 0 Å². The molecule has 0 saturated carbocycles. The highest BCUT2D eigenvalue weighted by atomic mass is 32.2. The second-order valence-corrected chi connectivity index (χ2v) is 8.16. The van der Waals surface area contributed by atoms with Crippen LogP contribution in [-0.4, -0.2) is 31.7 Å². The maximum atomic E-state index is 12.6. The molecule has 1 amide bonds. The van der Waals surface area contributed by atoms with Crippen LogP contribution in [0.25, 0.3) is 0 Å². The highest BCUT2D eigenvalue weighted by Crippen LogP contribution is 2.26. The predicted molar refractivity (Wildman–Crippen MR) is 93.8 cm³/mol. The number of nitrogens with one attached hydrogen (secondary N) is 1. The summed E-state index contributed by atoms with van der Waals surface area (Å²) in [6.45, 7) is 4.93. The monoisotopic (exact) mass is 362 g/mol. The van der Waals surface area contributed by atoms with Crippen molar-refractivity contribution in [3.8, 4) is 0 Å². The Kier molecular flexibility index (Phi) is 4.96. The van der Waals surface area contributed by atoms with Crippen LogP contribution < -0.4 is 5.32 Å². The number of sulfonamides is 1. The van der Waals surface area contributed by atoms with E-state index in [4.69, 9.17) is 4.42 Å². The fourth-order valence-electron chi connectivity index (χ4n) is 2.97. The van der Waals surface area contributed by atoms with Gasteiger partial charge in [-0.3, -0.25) is 4.79 Å². The highest BCUT2D eigenvalue weighted by Gasteiger charge is 2.31. The highest BCUT2D eigenvalue weighted by molar-refractivity contribution is 7.89. The zero-order chi connectivity index (χ0) is 18.0. The third kappa shape index (κ3) is 3.62. The first-order valence-corrected chi connectivity index (χ1v) is 9.77. The molecule has 1 N–H and O–H groups in total. The van der Waals surface area contributed by atoms with Crippen LogP contribution in [0.1, 0.15) is 40.3 Å². The minimum atomic E-state index is -3.60. The lowest BCUT2D eigenvalue weighted by Crippen LogP contribution is -2.28. The second kappa shape index (κ2) is 7.01. The number of benzene rings is 1. The van der Waals surface area contributed by atoms with E-state index in [1.807, 2.05) is 31.2 Å². The molecular formula is C18H22N2O4S. The molecule has 1 aromatic carbocycles. The summed E-state index contributed by atoms with van der Waals surface area (Å²) < 4.78 is 32.2. The molecule has 7 heteroatoms. The number of rotatable bonds is 5. The number of furan rings is 1. The van der Waals surface area contributed by atoms with Gasteiger partial charge in [0.15, 0.2) is 5.76 Å². The Labute approximate surface area is 147 Å². The molecule has 2 aromatic rings. The van der Waals surface area contributed by atoms with E-state index in [0.29, 0.717) is 19.6 Å². The lowest BCUT2D eigenvalue weighted by Gasteiger charge is -2.14. The summed E-state index contributed by atoms with van der Waals surface area (Å²) in [6, 6.07) is 9.08. The van der Waals surface area contributed by atoms with E-state index in [1.54, 1.807) is 6.92 Å². The largest absolute Gasteiger partial charge is 0.455 e. The number of carbonyl (C=O) groups is 1. The Hall–Kier alpha value is -2.12. The lowest BCUT2D eigenvalue weighted by molar-refractivity contribution is 0.0922. The Morgan fingerprint density at radius 2 is 1.88 bits per heavy atom. The summed E-state index contributed by atoms with van der Waals surface area (Å²) in [5.74, 6) is -0.161. The molecule has 134 valence electrons. The molecule has 1 aromatic heterocycles. The van der Waals surface area contributed by atoms with Gasteiger partial charge in [0.1, 0.15) is 10.7 Å². The van der Waals surface area contributed by atoms with Crippen molar-refractivity contribution in [3.05, 3.63) is 53.0 Å². The number of nitrogens with zero attached hydrogens (tertiary/aromatic N) is 1. The summed E-state index contributed by atoms with van der Waals surface area (Å²) in [5.41, 5.74) is 2.08. The summed E-state index contributed by atoms with van der Waals surface area (Å²) in [7, 11) is -3.60. The predicted octanol–water partition coefficient (Wildman–Crippen LogP) is 2.61.